The molecule has 1 fully saturated rings. The minimum absolute atomic E-state index is 0.0515. The molecule has 0 unspecified atom stereocenters. The number of carbonyl (C=O) groups excluding carboxylic acids is 1. The number of ketones is 1. The van der Waals surface area contributed by atoms with E-state index < -0.39 is 15.6 Å². The number of methoxy groups -OCH3 is 1. The minimum atomic E-state index is -3.71. The molecule has 0 aliphatic carbocycles. The van der Waals surface area contributed by atoms with Crippen molar-refractivity contribution >= 4 is 27.4 Å². The summed E-state index contributed by atoms with van der Waals surface area (Å²) in [5.74, 6) is 1.06. The van der Waals surface area contributed by atoms with E-state index in [4.69, 9.17) is 21.1 Å². The van der Waals surface area contributed by atoms with Gasteiger partial charge in [0.05, 0.1) is 29.0 Å². The monoisotopic (exact) mass is 477 g/mol. The third-order valence-corrected chi connectivity index (χ3v) is 8.54. The van der Waals surface area contributed by atoms with Crippen LogP contribution in [-0.4, -0.2) is 44.3 Å². The van der Waals surface area contributed by atoms with Gasteiger partial charge in [0.25, 0.3) is 0 Å². The van der Waals surface area contributed by atoms with E-state index in [0.717, 1.165) is 5.56 Å². The normalized spacial score (nSPS) is 18.8. The Hall–Kier alpha value is -2.09. The molecule has 2 aliphatic rings. The van der Waals surface area contributed by atoms with Crippen molar-refractivity contribution in [2.75, 3.05) is 20.2 Å². The van der Waals surface area contributed by atoms with Gasteiger partial charge in [-0.3, -0.25) is 4.79 Å². The van der Waals surface area contributed by atoms with Gasteiger partial charge in [-0.1, -0.05) is 38.4 Å². The Labute approximate surface area is 194 Å². The molecule has 32 heavy (non-hydrogen) atoms. The van der Waals surface area contributed by atoms with E-state index in [0.29, 0.717) is 29.9 Å². The Morgan fingerprint density at radius 3 is 2.38 bits per heavy atom. The molecule has 0 N–H and O–H groups in total. The molecule has 0 amide bonds. The molecule has 1 spiro atoms. The molecule has 2 heterocycles. The lowest BCUT2D eigenvalue weighted by atomic mass is 9.80. The highest BCUT2D eigenvalue weighted by Crippen LogP contribution is 2.41. The van der Waals surface area contributed by atoms with Crippen molar-refractivity contribution in [3.05, 3.63) is 52.5 Å². The van der Waals surface area contributed by atoms with Crippen molar-refractivity contribution in [1.29, 1.82) is 0 Å². The number of piperidine rings is 1. The molecule has 0 radical (unpaired) electrons. The Bertz CT molecular complexity index is 1160. The van der Waals surface area contributed by atoms with E-state index in [1.54, 1.807) is 6.07 Å². The zero-order valence-electron chi connectivity index (χ0n) is 18.8. The highest BCUT2D eigenvalue weighted by molar-refractivity contribution is 7.89. The van der Waals surface area contributed by atoms with Gasteiger partial charge in [-0.05, 0) is 41.3 Å². The maximum absolute atomic E-state index is 13.1. The van der Waals surface area contributed by atoms with E-state index in [2.05, 4.69) is 20.8 Å². The number of fused-ring (bicyclic) bond motifs is 1. The molecule has 0 atom stereocenters. The number of nitrogens with zero attached hydrogens (tertiary/aromatic N) is 1. The van der Waals surface area contributed by atoms with E-state index in [1.807, 2.05) is 18.2 Å². The second-order valence-corrected chi connectivity index (χ2v) is 11.9. The van der Waals surface area contributed by atoms with Gasteiger partial charge in [0.2, 0.25) is 10.0 Å². The summed E-state index contributed by atoms with van der Waals surface area (Å²) in [6.45, 7) is 6.87. The van der Waals surface area contributed by atoms with Crippen LogP contribution in [0, 0.1) is 0 Å². The zero-order chi connectivity index (χ0) is 23.3. The van der Waals surface area contributed by atoms with Crippen LogP contribution in [-0.2, 0) is 15.4 Å². The molecule has 172 valence electrons. The van der Waals surface area contributed by atoms with E-state index in [1.165, 1.54) is 23.5 Å². The van der Waals surface area contributed by atoms with Gasteiger partial charge in [0, 0.05) is 25.9 Å². The van der Waals surface area contributed by atoms with Crippen LogP contribution in [0.15, 0.2) is 41.3 Å². The summed E-state index contributed by atoms with van der Waals surface area (Å²) in [6.07, 6.45) is 1.15. The van der Waals surface area contributed by atoms with Crippen LogP contribution in [0.3, 0.4) is 0 Å². The first-order chi connectivity index (χ1) is 14.9. The van der Waals surface area contributed by atoms with Crippen molar-refractivity contribution < 1.29 is 22.7 Å². The molecule has 0 saturated carbocycles. The van der Waals surface area contributed by atoms with Crippen molar-refractivity contribution in [2.24, 2.45) is 0 Å². The smallest absolute Gasteiger partial charge is 0.243 e. The van der Waals surface area contributed by atoms with Crippen LogP contribution >= 0.6 is 11.6 Å². The molecule has 2 aromatic carbocycles. The fourth-order valence-electron chi connectivity index (χ4n) is 4.33. The summed E-state index contributed by atoms with van der Waals surface area (Å²) in [7, 11) is -2.23. The van der Waals surface area contributed by atoms with Crippen molar-refractivity contribution in [3.63, 3.8) is 0 Å². The van der Waals surface area contributed by atoms with Crippen LogP contribution in [0.4, 0.5) is 0 Å². The second-order valence-electron chi connectivity index (χ2n) is 9.55. The number of rotatable bonds is 3. The number of Topliss-reactive ketones (excluding diaryl/α,β-unsaturated/α-hetero) is 1. The maximum atomic E-state index is 13.1. The molecule has 2 aliphatic heterocycles. The van der Waals surface area contributed by atoms with Gasteiger partial charge < -0.3 is 9.47 Å². The summed E-state index contributed by atoms with van der Waals surface area (Å²) >= 11 is 6.13. The molecule has 4 rings (SSSR count). The van der Waals surface area contributed by atoms with Crippen LogP contribution in [0.5, 0.6) is 11.5 Å². The van der Waals surface area contributed by atoms with Crippen LogP contribution in [0.1, 0.15) is 56.0 Å². The number of benzene rings is 2. The first-order valence-electron chi connectivity index (χ1n) is 10.7. The van der Waals surface area contributed by atoms with Crippen LogP contribution < -0.4 is 9.47 Å². The first kappa shape index (κ1) is 23.1. The highest BCUT2D eigenvalue weighted by atomic mass is 35.5. The third kappa shape index (κ3) is 4.14. The van der Waals surface area contributed by atoms with E-state index in [-0.39, 0.29) is 40.6 Å². The van der Waals surface area contributed by atoms with Crippen LogP contribution in [0.2, 0.25) is 5.02 Å². The Morgan fingerprint density at radius 1 is 1.09 bits per heavy atom. The zero-order valence-corrected chi connectivity index (χ0v) is 20.3. The largest absolute Gasteiger partial charge is 0.495 e. The fourth-order valence-corrected chi connectivity index (χ4v) is 6.12. The minimum Gasteiger partial charge on any atom is -0.495 e. The summed E-state index contributed by atoms with van der Waals surface area (Å²) < 4.78 is 39.1. The quantitative estimate of drug-likeness (QED) is 0.632. The number of halogens is 1. The van der Waals surface area contributed by atoms with Crippen LogP contribution in [0.25, 0.3) is 0 Å². The lowest BCUT2D eigenvalue weighted by molar-refractivity contribution is 0.00587. The Morgan fingerprint density at radius 2 is 1.78 bits per heavy atom. The third-order valence-electron chi connectivity index (χ3n) is 6.35. The van der Waals surface area contributed by atoms with Gasteiger partial charge >= 0.3 is 0 Å². The number of hydrogen-bond acceptors (Lipinski definition) is 5. The van der Waals surface area contributed by atoms with Gasteiger partial charge in [0.1, 0.15) is 17.1 Å². The maximum Gasteiger partial charge on any atom is 0.243 e. The summed E-state index contributed by atoms with van der Waals surface area (Å²) in [4.78, 5) is 13.1. The topological polar surface area (TPSA) is 72.9 Å². The lowest BCUT2D eigenvalue weighted by Gasteiger charge is -2.43. The molecular formula is C24H28ClNO5S. The first-order valence-corrected chi connectivity index (χ1v) is 12.5. The number of sulfonamides is 1. The van der Waals surface area contributed by atoms with Gasteiger partial charge in [-0.15, -0.1) is 0 Å². The van der Waals surface area contributed by atoms with Gasteiger partial charge in [-0.2, -0.15) is 4.31 Å². The summed E-state index contributed by atoms with van der Waals surface area (Å²) in [5, 5.41) is 0.245. The van der Waals surface area contributed by atoms with E-state index >= 15 is 0 Å². The lowest BCUT2D eigenvalue weighted by Crippen LogP contribution is -2.52. The van der Waals surface area contributed by atoms with E-state index in [9.17, 15) is 13.2 Å². The average molecular weight is 478 g/mol. The SMILES string of the molecule is COc1ccc(S(=O)(=O)N2CCC3(CC2)CC(=O)c2cc(C(C)(C)C)ccc2O3)cc1Cl. The predicted octanol–water partition coefficient (Wildman–Crippen LogP) is 4.83. The molecule has 0 bridgehead atoms. The van der Waals surface area contributed by atoms with Crippen molar-refractivity contribution in [2.45, 2.75) is 55.9 Å². The van der Waals surface area contributed by atoms with Crippen molar-refractivity contribution in [1.82, 2.24) is 4.31 Å². The van der Waals surface area contributed by atoms with Crippen molar-refractivity contribution in [3.8, 4) is 11.5 Å². The second kappa shape index (κ2) is 8.04. The predicted molar refractivity (Wildman–Crippen MR) is 123 cm³/mol. The Kier molecular flexibility index (Phi) is 5.80. The molecule has 6 nitrogen and oxygen atoms in total. The molecule has 8 heteroatoms. The fraction of sp³-hybridized carbons (Fsp3) is 0.458. The summed E-state index contributed by atoms with van der Waals surface area (Å²) in [5.41, 5.74) is 0.972. The average Bonchev–Trinajstić information content (AvgIpc) is 2.73. The molecule has 1 saturated heterocycles. The van der Waals surface area contributed by atoms with Gasteiger partial charge in [0.15, 0.2) is 5.78 Å². The molecule has 0 aromatic heterocycles. The number of carbonyl (C=O) groups is 1. The van der Waals surface area contributed by atoms with Gasteiger partial charge in [-0.25, -0.2) is 8.42 Å². The number of hydrogen-bond donors (Lipinski definition) is 0. The molecular weight excluding hydrogens is 450 g/mol. The number of ether oxygens (including phenoxy) is 2. The Balaban J connectivity index is 1.52. The summed E-state index contributed by atoms with van der Waals surface area (Å²) in [6, 6.07) is 10.2. The standard InChI is InChI=1S/C24H28ClNO5S/c1-23(2,3)16-5-7-21-18(13-16)20(27)15-24(31-21)9-11-26(12-10-24)32(28,29)17-6-8-22(30-4)19(25)14-17/h5-8,13-14H,9-12,15H2,1-4H3. The molecule has 2 aromatic rings. The highest BCUT2D eigenvalue weighted by Gasteiger charge is 2.45.